The molecule has 1 aliphatic heterocycles. The lowest BCUT2D eigenvalue weighted by atomic mass is 9.96. The van der Waals surface area contributed by atoms with E-state index < -0.39 is 0 Å². The van der Waals surface area contributed by atoms with Crippen molar-refractivity contribution in [3.05, 3.63) is 29.8 Å². The van der Waals surface area contributed by atoms with E-state index in [1.54, 1.807) is 0 Å². The zero-order valence-electron chi connectivity index (χ0n) is 12.3. The predicted molar refractivity (Wildman–Crippen MR) is 80.6 cm³/mol. The Bertz CT molecular complexity index is 377. The van der Waals surface area contributed by atoms with Crippen molar-refractivity contribution in [3.63, 3.8) is 0 Å². The van der Waals surface area contributed by atoms with E-state index in [9.17, 15) is 0 Å². The first kappa shape index (κ1) is 14.4. The van der Waals surface area contributed by atoms with Crippen molar-refractivity contribution >= 4 is 0 Å². The van der Waals surface area contributed by atoms with Gasteiger partial charge < -0.3 is 10.1 Å². The standard InChI is InChI=1S/C17H27NO/c1-3-5-8-14(4-2)13-18-16-11-12-19-17-10-7-6-9-15(16)17/h6-7,9-10,14,16,18H,3-5,8,11-13H2,1-2H3. The lowest BCUT2D eigenvalue weighted by Crippen LogP contribution is -2.31. The summed E-state index contributed by atoms with van der Waals surface area (Å²) in [6.45, 7) is 6.55. The Morgan fingerprint density at radius 2 is 2.16 bits per heavy atom. The van der Waals surface area contributed by atoms with E-state index in [0.29, 0.717) is 6.04 Å². The number of para-hydroxylation sites is 1. The number of benzene rings is 1. The van der Waals surface area contributed by atoms with E-state index in [-0.39, 0.29) is 0 Å². The summed E-state index contributed by atoms with van der Waals surface area (Å²) in [5, 5.41) is 3.76. The molecule has 1 aliphatic rings. The van der Waals surface area contributed by atoms with Crippen LogP contribution in [0.2, 0.25) is 0 Å². The Morgan fingerprint density at radius 1 is 1.32 bits per heavy atom. The van der Waals surface area contributed by atoms with Gasteiger partial charge in [0.15, 0.2) is 0 Å². The molecule has 0 spiro atoms. The Kier molecular flexibility index (Phi) is 5.71. The summed E-state index contributed by atoms with van der Waals surface area (Å²) in [6.07, 6.45) is 6.37. The molecule has 0 bridgehead atoms. The van der Waals surface area contributed by atoms with Crippen molar-refractivity contribution in [2.75, 3.05) is 13.2 Å². The Balaban J connectivity index is 1.89. The van der Waals surface area contributed by atoms with Crippen LogP contribution in [0.4, 0.5) is 0 Å². The molecule has 1 heterocycles. The quantitative estimate of drug-likeness (QED) is 0.789. The highest BCUT2D eigenvalue weighted by atomic mass is 16.5. The number of hydrogen-bond acceptors (Lipinski definition) is 2. The second kappa shape index (κ2) is 7.54. The average molecular weight is 261 g/mol. The average Bonchev–Trinajstić information content (AvgIpc) is 2.47. The maximum atomic E-state index is 5.71. The second-order valence-electron chi connectivity index (χ2n) is 5.55. The van der Waals surface area contributed by atoms with Crippen molar-refractivity contribution in [1.82, 2.24) is 5.32 Å². The maximum absolute atomic E-state index is 5.71. The van der Waals surface area contributed by atoms with Crippen molar-refractivity contribution in [2.45, 2.75) is 52.0 Å². The third kappa shape index (κ3) is 3.97. The number of unbranched alkanes of at least 4 members (excludes halogenated alkanes) is 1. The summed E-state index contributed by atoms with van der Waals surface area (Å²) in [5.74, 6) is 1.88. The molecule has 2 atom stereocenters. The molecule has 1 aromatic rings. The maximum Gasteiger partial charge on any atom is 0.124 e. The first-order valence-corrected chi connectivity index (χ1v) is 7.80. The third-order valence-electron chi connectivity index (χ3n) is 4.15. The minimum Gasteiger partial charge on any atom is -0.493 e. The normalized spacial score (nSPS) is 19.6. The van der Waals surface area contributed by atoms with Gasteiger partial charge in [0, 0.05) is 18.0 Å². The van der Waals surface area contributed by atoms with Gasteiger partial charge in [-0.15, -0.1) is 0 Å². The molecular formula is C17H27NO. The van der Waals surface area contributed by atoms with Crippen LogP contribution in [0.15, 0.2) is 24.3 Å². The van der Waals surface area contributed by atoms with Gasteiger partial charge in [0.05, 0.1) is 6.61 Å². The van der Waals surface area contributed by atoms with E-state index in [1.807, 2.05) is 0 Å². The number of rotatable bonds is 7. The molecule has 0 saturated heterocycles. The van der Waals surface area contributed by atoms with E-state index in [4.69, 9.17) is 4.74 Å². The van der Waals surface area contributed by atoms with Crippen LogP contribution in [0.1, 0.15) is 57.6 Å². The van der Waals surface area contributed by atoms with Gasteiger partial charge in [0.25, 0.3) is 0 Å². The van der Waals surface area contributed by atoms with Crippen molar-refractivity contribution < 1.29 is 4.74 Å². The summed E-state index contributed by atoms with van der Waals surface area (Å²) in [4.78, 5) is 0. The molecule has 0 amide bonds. The molecular weight excluding hydrogens is 234 g/mol. The summed E-state index contributed by atoms with van der Waals surface area (Å²) in [7, 11) is 0. The SMILES string of the molecule is CCCCC(CC)CNC1CCOc2ccccc21. The Labute approximate surface area is 117 Å². The Hall–Kier alpha value is -1.02. The fourth-order valence-corrected chi connectivity index (χ4v) is 2.81. The molecule has 2 rings (SSSR count). The molecule has 106 valence electrons. The summed E-state index contributed by atoms with van der Waals surface area (Å²) in [5.41, 5.74) is 1.33. The topological polar surface area (TPSA) is 21.3 Å². The van der Waals surface area contributed by atoms with E-state index in [0.717, 1.165) is 31.2 Å². The van der Waals surface area contributed by atoms with Gasteiger partial charge in [0.2, 0.25) is 0 Å². The van der Waals surface area contributed by atoms with Gasteiger partial charge in [-0.3, -0.25) is 0 Å². The monoisotopic (exact) mass is 261 g/mol. The van der Waals surface area contributed by atoms with Crippen LogP contribution in [0.3, 0.4) is 0 Å². The number of fused-ring (bicyclic) bond motifs is 1. The van der Waals surface area contributed by atoms with Gasteiger partial charge in [-0.1, -0.05) is 51.3 Å². The summed E-state index contributed by atoms with van der Waals surface area (Å²) in [6, 6.07) is 8.91. The molecule has 19 heavy (non-hydrogen) atoms. The zero-order chi connectivity index (χ0) is 13.5. The van der Waals surface area contributed by atoms with E-state index in [1.165, 1.54) is 31.2 Å². The van der Waals surface area contributed by atoms with Crippen LogP contribution in [0.5, 0.6) is 5.75 Å². The highest BCUT2D eigenvalue weighted by Gasteiger charge is 2.21. The highest BCUT2D eigenvalue weighted by molar-refractivity contribution is 5.37. The fraction of sp³-hybridized carbons (Fsp3) is 0.647. The predicted octanol–water partition coefficient (Wildman–Crippen LogP) is 4.32. The van der Waals surface area contributed by atoms with Crippen molar-refractivity contribution in [1.29, 1.82) is 0 Å². The molecule has 1 N–H and O–H groups in total. The zero-order valence-corrected chi connectivity index (χ0v) is 12.3. The first-order chi connectivity index (χ1) is 9.35. The number of ether oxygens (including phenoxy) is 1. The third-order valence-corrected chi connectivity index (χ3v) is 4.15. The van der Waals surface area contributed by atoms with Crippen LogP contribution < -0.4 is 10.1 Å². The molecule has 0 aliphatic carbocycles. The second-order valence-corrected chi connectivity index (χ2v) is 5.55. The highest BCUT2D eigenvalue weighted by Crippen LogP contribution is 2.31. The van der Waals surface area contributed by atoms with Crippen LogP contribution in [-0.2, 0) is 0 Å². The van der Waals surface area contributed by atoms with E-state index in [2.05, 4.69) is 43.4 Å². The van der Waals surface area contributed by atoms with Crippen LogP contribution in [0, 0.1) is 5.92 Å². The lowest BCUT2D eigenvalue weighted by molar-refractivity contribution is 0.246. The summed E-state index contributed by atoms with van der Waals surface area (Å²) >= 11 is 0. The van der Waals surface area contributed by atoms with Crippen LogP contribution in [-0.4, -0.2) is 13.2 Å². The van der Waals surface area contributed by atoms with Gasteiger partial charge in [-0.05, 0) is 24.9 Å². The Morgan fingerprint density at radius 3 is 2.95 bits per heavy atom. The lowest BCUT2D eigenvalue weighted by Gasteiger charge is -2.28. The van der Waals surface area contributed by atoms with Crippen molar-refractivity contribution in [2.24, 2.45) is 5.92 Å². The molecule has 1 aromatic carbocycles. The van der Waals surface area contributed by atoms with Crippen molar-refractivity contribution in [3.8, 4) is 5.75 Å². The molecule has 0 aromatic heterocycles. The van der Waals surface area contributed by atoms with Gasteiger partial charge in [-0.25, -0.2) is 0 Å². The number of nitrogens with one attached hydrogen (secondary N) is 1. The summed E-state index contributed by atoms with van der Waals surface area (Å²) < 4.78 is 5.71. The molecule has 0 radical (unpaired) electrons. The molecule has 0 saturated carbocycles. The molecule has 2 heteroatoms. The van der Waals surface area contributed by atoms with Gasteiger partial charge >= 0.3 is 0 Å². The molecule has 2 unspecified atom stereocenters. The van der Waals surface area contributed by atoms with Gasteiger partial charge in [0.1, 0.15) is 5.75 Å². The van der Waals surface area contributed by atoms with Crippen LogP contribution >= 0.6 is 0 Å². The minimum absolute atomic E-state index is 0.473. The first-order valence-electron chi connectivity index (χ1n) is 7.80. The van der Waals surface area contributed by atoms with Crippen LogP contribution in [0.25, 0.3) is 0 Å². The minimum atomic E-state index is 0.473. The number of hydrogen-bond donors (Lipinski definition) is 1. The van der Waals surface area contributed by atoms with Gasteiger partial charge in [-0.2, -0.15) is 0 Å². The van der Waals surface area contributed by atoms with E-state index >= 15 is 0 Å². The largest absolute Gasteiger partial charge is 0.493 e. The fourth-order valence-electron chi connectivity index (χ4n) is 2.81. The molecule has 2 nitrogen and oxygen atoms in total. The smallest absolute Gasteiger partial charge is 0.124 e. The molecule has 0 fully saturated rings.